The van der Waals surface area contributed by atoms with Crippen molar-refractivity contribution in [3.63, 3.8) is 0 Å². The second-order valence-corrected chi connectivity index (χ2v) is 6.28. The maximum Gasteiger partial charge on any atom is 0.0397 e. The van der Waals surface area contributed by atoms with Crippen LogP contribution >= 0.6 is 0 Å². The van der Waals surface area contributed by atoms with Crippen molar-refractivity contribution in [1.29, 1.82) is 0 Å². The Bertz CT molecular complexity index is 455. The highest BCUT2D eigenvalue weighted by Gasteiger charge is 2.25. The van der Waals surface area contributed by atoms with Crippen LogP contribution in [0.1, 0.15) is 24.5 Å². The minimum absolute atomic E-state index is 0.332. The zero-order valence-corrected chi connectivity index (χ0v) is 12.1. The number of hydrogen-bond donors (Lipinski definition) is 1. The summed E-state index contributed by atoms with van der Waals surface area (Å²) in [4.78, 5) is 4.90. The number of anilines is 1. The third-order valence-electron chi connectivity index (χ3n) is 4.73. The van der Waals surface area contributed by atoms with Crippen LogP contribution in [0.5, 0.6) is 0 Å². The van der Waals surface area contributed by atoms with Crippen molar-refractivity contribution in [1.82, 2.24) is 4.90 Å². The first-order chi connectivity index (χ1) is 9.13. The Hall–Kier alpha value is -1.06. The average Bonchev–Trinajstić information content (AvgIpc) is 2.97. The second kappa shape index (κ2) is 5.14. The molecule has 1 aromatic carbocycles. The van der Waals surface area contributed by atoms with Gasteiger partial charge in [-0.05, 0) is 49.4 Å². The van der Waals surface area contributed by atoms with Crippen LogP contribution in [0.15, 0.2) is 18.2 Å². The van der Waals surface area contributed by atoms with Crippen LogP contribution in [0.25, 0.3) is 0 Å². The molecule has 0 bridgehead atoms. The summed E-state index contributed by atoms with van der Waals surface area (Å²) >= 11 is 0. The maximum atomic E-state index is 6.01. The summed E-state index contributed by atoms with van der Waals surface area (Å²) in [5, 5.41) is 0. The van der Waals surface area contributed by atoms with Crippen molar-refractivity contribution >= 4 is 5.69 Å². The fourth-order valence-corrected chi connectivity index (χ4v) is 3.41. The van der Waals surface area contributed by atoms with Crippen molar-refractivity contribution < 1.29 is 0 Å². The molecule has 0 spiro atoms. The molecule has 0 saturated carbocycles. The Morgan fingerprint density at radius 2 is 2.21 bits per heavy atom. The molecule has 0 aromatic heterocycles. The molecular formula is C16H25N3. The van der Waals surface area contributed by atoms with Crippen molar-refractivity contribution in [2.24, 2.45) is 11.7 Å². The van der Waals surface area contributed by atoms with Gasteiger partial charge in [-0.15, -0.1) is 0 Å². The van der Waals surface area contributed by atoms with Crippen molar-refractivity contribution in [3.8, 4) is 0 Å². The number of likely N-dealkylation sites (tertiary alicyclic amines) is 1. The monoisotopic (exact) mass is 259 g/mol. The highest BCUT2D eigenvalue weighted by molar-refractivity contribution is 5.58. The van der Waals surface area contributed by atoms with Gasteiger partial charge in [0.15, 0.2) is 0 Å². The van der Waals surface area contributed by atoms with Crippen LogP contribution in [-0.2, 0) is 13.0 Å². The Kier molecular flexibility index (Phi) is 3.50. The molecule has 1 saturated heterocycles. The predicted octanol–water partition coefficient (Wildman–Crippen LogP) is 1.85. The lowest BCUT2D eigenvalue weighted by Gasteiger charge is -2.18. The summed E-state index contributed by atoms with van der Waals surface area (Å²) in [7, 11) is 2.18. The van der Waals surface area contributed by atoms with Gasteiger partial charge in [0, 0.05) is 38.4 Å². The molecule has 1 aromatic rings. The van der Waals surface area contributed by atoms with E-state index in [-0.39, 0.29) is 0 Å². The first-order valence-corrected chi connectivity index (χ1v) is 7.44. The number of rotatable bonds is 3. The molecule has 2 aliphatic heterocycles. The van der Waals surface area contributed by atoms with E-state index in [9.17, 15) is 0 Å². The molecule has 0 radical (unpaired) electrons. The smallest absolute Gasteiger partial charge is 0.0397 e. The van der Waals surface area contributed by atoms with Crippen molar-refractivity contribution in [2.75, 3.05) is 31.6 Å². The molecule has 104 valence electrons. The maximum absolute atomic E-state index is 6.01. The van der Waals surface area contributed by atoms with Gasteiger partial charge in [0.05, 0.1) is 0 Å². The van der Waals surface area contributed by atoms with Crippen LogP contribution in [0.3, 0.4) is 0 Å². The van der Waals surface area contributed by atoms with Gasteiger partial charge in [0.1, 0.15) is 0 Å². The van der Waals surface area contributed by atoms with Gasteiger partial charge >= 0.3 is 0 Å². The van der Waals surface area contributed by atoms with E-state index in [4.69, 9.17) is 5.73 Å². The first kappa shape index (κ1) is 12.9. The quantitative estimate of drug-likeness (QED) is 0.899. The van der Waals surface area contributed by atoms with Crippen LogP contribution in [0.4, 0.5) is 5.69 Å². The van der Waals surface area contributed by atoms with E-state index in [0.717, 1.165) is 19.6 Å². The standard InChI is InChI=1S/C16H25N3/c1-12(17)15-6-8-19(11-15)10-13-3-4-16-14(9-13)5-7-18(16)2/h3-4,9,12,15H,5-8,10-11,17H2,1-2H3. The summed E-state index contributed by atoms with van der Waals surface area (Å²) in [6.45, 7) is 6.74. The lowest BCUT2D eigenvalue weighted by molar-refractivity contribution is 0.308. The lowest BCUT2D eigenvalue weighted by atomic mass is 10.0. The van der Waals surface area contributed by atoms with Gasteiger partial charge in [0.2, 0.25) is 0 Å². The van der Waals surface area contributed by atoms with E-state index in [1.165, 1.54) is 36.2 Å². The number of hydrogen-bond acceptors (Lipinski definition) is 3. The van der Waals surface area contributed by atoms with Gasteiger partial charge in [-0.1, -0.05) is 12.1 Å². The third kappa shape index (κ3) is 2.63. The minimum atomic E-state index is 0.332. The molecule has 2 aliphatic rings. The number of nitrogens with two attached hydrogens (primary N) is 1. The zero-order chi connectivity index (χ0) is 13.4. The predicted molar refractivity (Wildman–Crippen MR) is 80.4 cm³/mol. The molecule has 19 heavy (non-hydrogen) atoms. The SMILES string of the molecule is CC(N)C1CCN(Cc2ccc3c(c2)CCN3C)C1. The Labute approximate surface area is 116 Å². The Morgan fingerprint density at radius 3 is 2.95 bits per heavy atom. The molecular weight excluding hydrogens is 234 g/mol. The van der Waals surface area contributed by atoms with E-state index in [1.807, 2.05) is 0 Å². The summed E-state index contributed by atoms with van der Waals surface area (Å²) < 4.78 is 0. The molecule has 0 amide bonds. The van der Waals surface area contributed by atoms with Crippen LogP contribution in [0, 0.1) is 5.92 Å². The van der Waals surface area contributed by atoms with Gasteiger partial charge < -0.3 is 10.6 Å². The number of benzene rings is 1. The van der Waals surface area contributed by atoms with Crippen LogP contribution in [-0.4, -0.2) is 37.6 Å². The molecule has 1 fully saturated rings. The minimum Gasteiger partial charge on any atom is -0.374 e. The zero-order valence-electron chi connectivity index (χ0n) is 12.1. The summed E-state index contributed by atoms with van der Waals surface area (Å²) in [6, 6.07) is 7.31. The first-order valence-electron chi connectivity index (χ1n) is 7.44. The van der Waals surface area contributed by atoms with Gasteiger partial charge in [0.25, 0.3) is 0 Å². The van der Waals surface area contributed by atoms with E-state index in [2.05, 4.69) is 42.0 Å². The summed E-state index contributed by atoms with van der Waals surface area (Å²) in [5.74, 6) is 0.681. The number of likely N-dealkylation sites (N-methyl/N-ethyl adjacent to an activating group) is 1. The molecule has 2 N–H and O–H groups in total. The van der Waals surface area contributed by atoms with E-state index >= 15 is 0 Å². The number of fused-ring (bicyclic) bond motifs is 1. The summed E-state index contributed by atoms with van der Waals surface area (Å²) in [6.07, 6.45) is 2.45. The lowest BCUT2D eigenvalue weighted by Crippen LogP contribution is -2.29. The fourth-order valence-electron chi connectivity index (χ4n) is 3.41. The molecule has 3 heteroatoms. The largest absolute Gasteiger partial charge is 0.374 e. The molecule has 2 atom stereocenters. The topological polar surface area (TPSA) is 32.5 Å². The summed E-state index contributed by atoms with van der Waals surface area (Å²) in [5.41, 5.74) is 10.4. The normalized spacial score (nSPS) is 24.8. The van der Waals surface area contributed by atoms with Crippen molar-refractivity contribution in [3.05, 3.63) is 29.3 Å². The number of nitrogens with zero attached hydrogens (tertiary/aromatic N) is 2. The van der Waals surface area contributed by atoms with Crippen LogP contribution < -0.4 is 10.6 Å². The fraction of sp³-hybridized carbons (Fsp3) is 0.625. The van der Waals surface area contributed by atoms with Crippen LogP contribution in [0.2, 0.25) is 0 Å². The van der Waals surface area contributed by atoms with Gasteiger partial charge in [-0.3, -0.25) is 4.90 Å². The highest BCUT2D eigenvalue weighted by Crippen LogP contribution is 2.28. The molecule has 0 aliphatic carbocycles. The van der Waals surface area contributed by atoms with Gasteiger partial charge in [-0.2, -0.15) is 0 Å². The van der Waals surface area contributed by atoms with E-state index in [0.29, 0.717) is 12.0 Å². The molecule has 2 unspecified atom stereocenters. The third-order valence-corrected chi connectivity index (χ3v) is 4.73. The molecule has 3 nitrogen and oxygen atoms in total. The Morgan fingerprint density at radius 1 is 1.37 bits per heavy atom. The average molecular weight is 259 g/mol. The second-order valence-electron chi connectivity index (χ2n) is 6.28. The van der Waals surface area contributed by atoms with E-state index < -0.39 is 0 Å². The molecule has 2 heterocycles. The Balaban J connectivity index is 1.65. The highest BCUT2D eigenvalue weighted by atomic mass is 15.1. The molecule has 3 rings (SSSR count). The van der Waals surface area contributed by atoms with E-state index in [1.54, 1.807) is 0 Å². The van der Waals surface area contributed by atoms with Crippen molar-refractivity contribution in [2.45, 2.75) is 32.4 Å². The van der Waals surface area contributed by atoms with Gasteiger partial charge in [-0.25, -0.2) is 0 Å².